The summed E-state index contributed by atoms with van der Waals surface area (Å²) in [5.41, 5.74) is 0.609. The SMILES string of the molecule is BN1CC(=O)N(/C(C=C)=C/C(CC)CC)C1=O. The quantitative estimate of drug-likeness (QED) is 0.408. The number of rotatable bonds is 5. The van der Waals surface area contributed by atoms with Crippen molar-refractivity contribution in [2.24, 2.45) is 5.92 Å². The van der Waals surface area contributed by atoms with Gasteiger partial charge in [0.15, 0.2) is 0 Å². The molecule has 0 atom stereocenters. The van der Waals surface area contributed by atoms with E-state index in [9.17, 15) is 9.59 Å². The molecule has 0 aromatic carbocycles. The van der Waals surface area contributed by atoms with Gasteiger partial charge < -0.3 is 4.81 Å². The standard InChI is InChI=1S/C12H19BN2O2/c1-4-9(5-2)7-10(6-3)15-11(16)8-14(13)12(15)17/h6-7,9H,3-5,8,13H2,1-2H3/b10-7+. The van der Waals surface area contributed by atoms with Crippen molar-refractivity contribution in [1.29, 1.82) is 0 Å². The summed E-state index contributed by atoms with van der Waals surface area (Å²) in [6.45, 7) is 8.01. The van der Waals surface area contributed by atoms with E-state index in [1.54, 1.807) is 14.1 Å². The average molecular weight is 234 g/mol. The monoisotopic (exact) mass is 234 g/mol. The van der Waals surface area contributed by atoms with Crippen molar-refractivity contribution in [3.63, 3.8) is 0 Å². The second-order valence-electron chi connectivity index (χ2n) is 4.24. The molecule has 0 saturated carbocycles. The first-order valence-electron chi connectivity index (χ1n) is 5.97. The highest BCUT2D eigenvalue weighted by molar-refractivity contribution is 6.21. The topological polar surface area (TPSA) is 40.6 Å². The molecule has 1 saturated heterocycles. The molecule has 0 aliphatic carbocycles. The number of amides is 3. The van der Waals surface area contributed by atoms with Gasteiger partial charge in [-0.1, -0.05) is 26.5 Å². The van der Waals surface area contributed by atoms with Crippen LogP contribution in [0.3, 0.4) is 0 Å². The third-order valence-electron chi connectivity index (χ3n) is 3.06. The first-order chi connectivity index (χ1) is 8.04. The molecule has 0 bridgehead atoms. The summed E-state index contributed by atoms with van der Waals surface area (Å²) in [7, 11) is 1.62. The van der Waals surface area contributed by atoms with Crippen molar-refractivity contribution < 1.29 is 9.59 Å². The lowest BCUT2D eigenvalue weighted by Crippen LogP contribution is -2.31. The lowest BCUT2D eigenvalue weighted by atomic mass is 10.0. The summed E-state index contributed by atoms with van der Waals surface area (Å²) in [5, 5.41) is 0. The van der Waals surface area contributed by atoms with Crippen molar-refractivity contribution in [3.05, 3.63) is 24.4 Å². The molecule has 1 aliphatic rings. The van der Waals surface area contributed by atoms with Crippen LogP contribution < -0.4 is 0 Å². The van der Waals surface area contributed by atoms with Gasteiger partial charge in [0.05, 0.1) is 6.54 Å². The molecule has 0 N–H and O–H groups in total. The minimum atomic E-state index is -0.271. The molecule has 4 nitrogen and oxygen atoms in total. The maximum absolute atomic E-state index is 11.8. The van der Waals surface area contributed by atoms with Gasteiger partial charge in [0.1, 0.15) is 0 Å². The van der Waals surface area contributed by atoms with Gasteiger partial charge in [-0.3, -0.25) is 4.79 Å². The highest BCUT2D eigenvalue weighted by Crippen LogP contribution is 2.20. The first-order valence-corrected chi connectivity index (χ1v) is 5.97. The van der Waals surface area contributed by atoms with Crippen molar-refractivity contribution in [1.82, 2.24) is 9.71 Å². The Hall–Kier alpha value is -1.52. The van der Waals surface area contributed by atoms with Crippen LogP contribution in [-0.2, 0) is 4.79 Å². The second-order valence-corrected chi connectivity index (χ2v) is 4.24. The molecule has 0 spiro atoms. The first kappa shape index (κ1) is 13.5. The molecule has 0 aromatic rings. The van der Waals surface area contributed by atoms with Crippen LogP contribution >= 0.6 is 0 Å². The zero-order chi connectivity index (χ0) is 13.0. The Morgan fingerprint density at radius 1 is 1.47 bits per heavy atom. The van der Waals surface area contributed by atoms with Crippen LogP contribution in [0.1, 0.15) is 26.7 Å². The molecule has 0 aromatic heterocycles. The Labute approximate surface area is 103 Å². The molecule has 1 aliphatic heterocycles. The number of hydrogen-bond acceptors (Lipinski definition) is 2. The van der Waals surface area contributed by atoms with Gasteiger partial charge in [-0.2, -0.15) is 0 Å². The van der Waals surface area contributed by atoms with Gasteiger partial charge in [-0.25, -0.2) is 9.69 Å². The maximum atomic E-state index is 11.8. The van der Waals surface area contributed by atoms with Gasteiger partial charge in [-0.15, -0.1) is 0 Å². The third kappa shape index (κ3) is 2.78. The Kier molecular flexibility index (Phi) is 4.55. The number of urea groups is 1. The minimum absolute atomic E-state index is 0.146. The fourth-order valence-corrected chi connectivity index (χ4v) is 1.87. The van der Waals surface area contributed by atoms with E-state index < -0.39 is 0 Å². The lowest BCUT2D eigenvalue weighted by Gasteiger charge is -2.17. The van der Waals surface area contributed by atoms with E-state index in [2.05, 4.69) is 20.4 Å². The molecule has 0 radical (unpaired) electrons. The van der Waals surface area contributed by atoms with Gasteiger partial charge >= 0.3 is 6.03 Å². The van der Waals surface area contributed by atoms with E-state index in [-0.39, 0.29) is 18.5 Å². The fourth-order valence-electron chi connectivity index (χ4n) is 1.87. The zero-order valence-corrected chi connectivity index (χ0v) is 10.8. The highest BCUT2D eigenvalue weighted by atomic mass is 16.2. The Morgan fingerprint density at radius 2 is 2.06 bits per heavy atom. The van der Waals surface area contributed by atoms with Crippen LogP contribution in [0.4, 0.5) is 4.79 Å². The molecular weight excluding hydrogens is 215 g/mol. The van der Waals surface area contributed by atoms with E-state index in [1.165, 1.54) is 9.71 Å². The molecule has 17 heavy (non-hydrogen) atoms. The van der Waals surface area contributed by atoms with Crippen LogP contribution in [0.25, 0.3) is 0 Å². The van der Waals surface area contributed by atoms with Crippen LogP contribution in [0.2, 0.25) is 0 Å². The molecule has 1 rings (SSSR count). The van der Waals surface area contributed by atoms with Crippen LogP contribution in [0.5, 0.6) is 0 Å². The average Bonchev–Trinajstić information content (AvgIpc) is 2.56. The predicted octanol–water partition coefficient (Wildman–Crippen LogP) is 1.30. The number of carbonyl (C=O) groups is 2. The van der Waals surface area contributed by atoms with Gasteiger partial charge in [0, 0.05) is 5.70 Å². The number of imide groups is 1. The molecule has 92 valence electrons. The number of carbonyl (C=O) groups excluding carboxylic acids is 2. The number of allylic oxidation sites excluding steroid dienone is 2. The molecule has 1 heterocycles. The summed E-state index contributed by atoms with van der Waals surface area (Å²) in [4.78, 5) is 26.2. The Morgan fingerprint density at radius 3 is 2.41 bits per heavy atom. The van der Waals surface area contributed by atoms with Gasteiger partial charge in [0.2, 0.25) is 7.98 Å². The van der Waals surface area contributed by atoms with Gasteiger partial charge in [-0.05, 0) is 24.8 Å². The summed E-state index contributed by atoms with van der Waals surface area (Å²) >= 11 is 0. The van der Waals surface area contributed by atoms with Gasteiger partial charge in [0.25, 0.3) is 5.91 Å². The normalized spacial score (nSPS) is 17.2. The largest absolute Gasteiger partial charge is 0.367 e. The van der Waals surface area contributed by atoms with E-state index in [4.69, 9.17) is 0 Å². The van der Waals surface area contributed by atoms with E-state index in [1.807, 2.05) is 6.08 Å². The van der Waals surface area contributed by atoms with Crippen molar-refractivity contribution in [2.75, 3.05) is 6.54 Å². The van der Waals surface area contributed by atoms with Crippen LogP contribution in [0.15, 0.2) is 24.4 Å². The summed E-state index contributed by atoms with van der Waals surface area (Å²) in [6, 6.07) is -0.271. The van der Waals surface area contributed by atoms with E-state index in [0.717, 1.165) is 12.8 Å². The molecule has 0 unspecified atom stereocenters. The zero-order valence-electron chi connectivity index (χ0n) is 10.8. The maximum Gasteiger partial charge on any atom is 0.319 e. The van der Waals surface area contributed by atoms with Crippen molar-refractivity contribution in [3.8, 4) is 0 Å². The number of nitrogens with zero attached hydrogens (tertiary/aromatic N) is 2. The fraction of sp³-hybridized carbons (Fsp3) is 0.500. The smallest absolute Gasteiger partial charge is 0.319 e. The Balaban J connectivity index is 2.98. The second kappa shape index (κ2) is 5.71. The minimum Gasteiger partial charge on any atom is -0.367 e. The van der Waals surface area contributed by atoms with Crippen LogP contribution in [0, 0.1) is 5.92 Å². The molecule has 5 heteroatoms. The Bertz CT molecular complexity index is 362. The van der Waals surface area contributed by atoms with E-state index >= 15 is 0 Å². The van der Waals surface area contributed by atoms with Crippen molar-refractivity contribution in [2.45, 2.75) is 26.7 Å². The van der Waals surface area contributed by atoms with Crippen LogP contribution in [-0.4, -0.2) is 36.2 Å². The predicted molar refractivity (Wildman–Crippen MR) is 69.8 cm³/mol. The molecular formula is C12H19BN2O2. The lowest BCUT2D eigenvalue weighted by molar-refractivity contribution is -0.123. The number of hydrogen-bond donors (Lipinski definition) is 0. The summed E-state index contributed by atoms with van der Waals surface area (Å²) in [5.74, 6) is 0.184. The third-order valence-corrected chi connectivity index (χ3v) is 3.06. The van der Waals surface area contributed by atoms with Crippen molar-refractivity contribution >= 4 is 19.9 Å². The molecule has 3 amide bonds. The molecule has 1 fully saturated rings. The summed E-state index contributed by atoms with van der Waals surface area (Å²) < 4.78 is 0. The summed E-state index contributed by atoms with van der Waals surface area (Å²) in [6.07, 6.45) is 5.51. The highest BCUT2D eigenvalue weighted by Gasteiger charge is 2.34. The van der Waals surface area contributed by atoms with E-state index in [0.29, 0.717) is 11.6 Å².